The lowest BCUT2D eigenvalue weighted by atomic mass is 9.95. The molecule has 0 saturated heterocycles. The summed E-state index contributed by atoms with van der Waals surface area (Å²) in [5.74, 6) is -1.51. The molecule has 0 aliphatic rings. The van der Waals surface area contributed by atoms with Crippen molar-refractivity contribution in [2.75, 3.05) is 12.9 Å². The van der Waals surface area contributed by atoms with Crippen LogP contribution >= 0.6 is 11.8 Å². The smallest absolute Gasteiger partial charge is 0.336 e. The summed E-state index contributed by atoms with van der Waals surface area (Å²) in [6.07, 6.45) is 1.97. The summed E-state index contributed by atoms with van der Waals surface area (Å²) in [4.78, 5) is 24.2. The molecular formula is C19H18O4S. The normalized spacial score (nSPS) is 11.6. The van der Waals surface area contributed by atoms with Crippen molar-refractivity contribution < 1.29 is 19.4 Å². The summed E-state index contributed by atoms with van der Waals surface area (Å²) < 4.78 is 5.10. The lowest BCUT2D eigenvalue weighted by Gasteiger charge is -2.14. The number of ether oxygens (including phenoxy) is 1. The molecular weight excluding hydrogens is 324 g/mol. The molecule has 0 aromatic heterocycles. The largest absolute Gasteiger partial charge is 0.478 e. The number of carboxylic acid groups (broad SMARTS) is 1. The maximum Gasteiger partial charge on any atom is 0.336 e. The zero-order valence-corrected chi connectivity index (χ0v) is 14.3. The quantitative estimate of drug-likeness (QED) is 0.372. The average molecular weight is 342 g/mol. The van der Waals surface area contributed by atoms with Gasteiger partial charge in [-0.15, -0.1) is 11.8 Å². The van der Waals surface area contributed by atoms with Crippen LogP contribution in [0, 0.1) is 0 Å². The molecule has 0 heterocycles. The van der Waals surface area contributed by atoms with E-state index in [-0.39, 0.29) is 12.2 Å². The molecule has 0 spiro atoms. The highest BCUT2D eigenvalue weighted by Crippen LogP contribution is 2.28. The maximum absolute atomic E-state index is 11.9. The van der Waals surface area contributed by atoms with Crippen LogP contribution in [0.15, 0.2) is 59.5 Å². The van der Waals surface area contributed by atoms with Crippen LogP contribution in [0.3, 0.4) is 0 Å². The predicted octanol–water partition coefficient (Wildman–Crippen LogP) is 3.97. The summed E-state index contributed by atoms with van der Waals surface area (Å²) in [5, 5.41) is 9.72. The van der Waals surface area contributed by atoms with E-state index in [4.69, 9.17) is 4.74 Å². The van der Waals surface area contributed by atoms with Crippen molar-refractivity contribution in [3.05, 3.63) is 65.7 Å². The molecule has 0 atom stereocenters. The van der Waals surface area contributed by atoms with Crippen LogP contribution < -0.4 is 0 Å². The number of benzene rings is 2. The number of esters is 1. The summed E-state index contributed by atoms with van der Waals surface area (Å²) in [5.41, 5.74) is 1.89. The van der Waals surface area contributed by atoms with E-state index in [2.05, 4.69) is 0 Å². The molecule has 0 radical (unpaired) electrons. The maximum atomic E-state index is 11.9. The van der Waals surface area contributed by atoms with Crippen molar-refractivity contribution in [3.8, 4) is 0 Å². The fourth-order valence-electron chi connectivity index (χ4n) is 2.30. The van der Waals surface area contributed by atoms with Gasteiger partial charge in [0.2, 0.25) is 0 Å². The lowest BCUT2D eigenvalue weighted by molar-refractivity contribution is -0.139. The van der Waals surface area contributed by atoms with Crippen molar-refractivity contribution >= 4 is 34.8 Å². The summed E-state index contributed by atoms with van der Waals surface area (Å²) in [6, 6.07) is 16.4. The van der Waals surface area contributed by atoms with Crippen LogP contribution in [-0.2, 0) is 14.3 Å². The molecule has 2 rings (SSSR count). The number of hydrogen-bond donors (Lipinski definition) is 1. The number of rotatable bonds is 6. The Bertz CT molecular complexity index is 749. The number of thioether (sulfide) groups is 1. The van der Waals surface area contributed by atoms with E-state index in [0.29, 0.717) is 11.1 Å². The lowest BCUT2D eigenvalue weighted by Crippen LogP contribution is -2.10. The third kappa shape index (κ3) is 4.49. The van der Waals surface area contributed by atoms with Gasteiger partial charge in [-0.1, -0.05) is 42.5 Å². The molecule has 24 heavy (non-hydrogen) atoms. The van der Waals surface area contributed by atoms with Crippen LogP contribution in [0.5, 0.6) is 0 Å². The van der Waals surface area contributed by atoms with Crippen LogP contribution in [0.4, 0.5) is 0 Å². The van der Waals surface area contributed by atoms with Crippen molar-refractivity contribution in [1.82, 2.24) is 0 Å². The predicted molar refractivity (Wildman–Crippen MR) is 95.7 cm³/mol. The van der Waals surface area contributed by atoms with E-state index in [1.807, 2.05) is 36.6 Å². The van der Waals surface area contributed by atoms with E-state index in [1.54, 1.807) is 36.0 Å². The van der Waals surface area contributed by atoms with Crippen LogP contribution in [-0.4, -0.2) is 29.9 Å². The van der Waals surface area contributed by atoms with E-state index in [1.165, 1.54) is 6.92 Å². The van der Waals surface area contributed by atoms with Gasteiger partial charge in [-0.2, -0.15) is 0 Å². The first-order valence-corrected chi connectivity index (χ1v) is 8.55. The second-order valence-electron chi connectivity index (χ2n) is 5.03. The topological polar surface area (TPSA) is 63.6 Å². The van der Waals surface area contributed by atoms with Gasteiger partial charge in [0.25, 0.3) is 0 Å². The standard InChI is InChI=1S/C19H18O4S/c1-13(20)23-12-17(14-8-10-16(24-2)11-9-14)18(19(21)22)15-6-4-3-5-7-15/h3-11H,12H2,1-2H3,(H,21,22)/b18-17+. The van der Waals surface area contributed by atoms with Crippen LogP contribution in [0.1, 0.15) is 18.1 Å². The molecule has 124 valence electrons. The Hall–Kier alpha value is -2.53. The Balaban J connectivity index is 2.59. The molecule has 2 aromatic carbocycles. The summed E-state index contributed by atoms with van der Waals surface area (Å²) in [6.45, 7) is 1.21. The van der Waals surface area contributed by atoms with Gasteiger partial charge in [-0.05, 0) is 29.5 Å². The van der Waals surface area contributed by atoms with Gasteiger partial charge in [-0.3, -0.25) is 4.79 Å². The first-order valence-electron chi connectivity index (χ1n) is 7.32. The highest BCUT2D eigenvalue weighted by atomic mass is 32.2. The monoisotopic (exact) mass is 342 g/mol. The van der Waals surface area contributed by atoms with Gasteiger partial charge in [0.1, 0.15) is 6.61 Å². The van der Waals surface area contributed by atoms with Crippen molar-refractivity contribution in [2.24, 2.45) is 0 Å². The van der Waals surface area contributed by atoms with E-state index in [0.717, 1.165) is 10.5 Å². The van der Waals surface area contributed by atoms with Gasteiger partial charge < -0.3 is 9.84 Å². The molecule has 0 bridgehead atoms. The number of carbonyl (C=O) groups excluding carboxylic acids is 1. The summed E-state index contributed by atoms with van der Waals surface area (Å²) >= 11 is 1.60. The Morgan fingerprint density at radius 2 is 1.62 bits per heavy atom. The summed E-state index contributed by atoms with van der Waals surface area (Å²) in [7, 11) is 0. The van der Waals surface area contributed by atoms with Crippen LogP contribution in [0.2, 0.25) is 0 Å². The minimum Gasteiger partial charge on any atom is -0.478 e. The molecule has 0 amide bonds. The van der Waals surface area contributed by atoms with E-state index < -0.39 is 11.9 Å². The SMILES string of the molecule is CSc1ccc(/C(COC(C)=O)=C(/C(=O)O)c2ccccc2)cc1. The number of carbonyl (C=O) groups is 2. The van der Waals surface area contributed by atoms with Gasteiger partial charge in [-0.25, -0.2) is 4.79 Å². The third-order valence-electron chi connectivity index (χ3n) is 3.44. The van der Waals surface area contributed by atoms with Gasteiger partial charge in [0, 0.05) is 17.4 Å². The number of hydrogen-bond acceptors (Lipinski definition) is 4. The van der Waals surface area contributed by atoms with Gasteiger partial charge in [0.15, 0.2) is 0 Å². The minimum atomic E-state index is -1.06. The van der Waals surface area contributed by atoms with Crippen molar-refractivity contribution in [3.63, 3.8) is 0 Å². The fourth-order valence-corrected chi connectivity index (χ4v) is 2.71. The van der Waals surface area contributed by atoms with Crippen LogP contribution in [0.25, 0.3) is 11.1 Å². The first-order chi connectivity index (χ1) is 11.5. The second kappa shape index (κ2) is 8.36. The Morgan fingerprint density at radius 3 is 2.12 bits per heavy atom. The Kier molecular flexibility index (Phi) is 6.21. The molecule has 1 N–H and O–H groups in total. The Labute approximate surface area is 145 Å². The highest BCUT2D eigenvalue weighted by Gasteiger charge is 2.19. The molecule has 0 saturated carbocycles. The number of carboxylic acids is 1. The van der Waals surface area contributed by atoms with Gasteiger partial charge in [0.05, 0.1) is 5.57 Å². The van der Waals surface area contributed by atoms with Crippen molar-refractivity contribution in [2.45, 2.75) is 11.8 Å². The average Bonchev–Trinajstić information content (AvgIpc) is 2.59. The molecule has 2 aromatic rings. The molecule has 0 unspecified atom stereocenters. The zero-order valence-electron chi connectivity index (χ0n) is 13.5. The molecule has 0 fully saturated rings. The molecule has 0 aliphatic heterocycles. The Morgan fingerprint density at radius 1 is 1.00 bits per heavy atom. The molecule has 0 aliphatic carbocycles. The number of aliphatic carboxylic acids is 1. The van der Waals surface area contributed by atoms with Gasteiger partial charge >= 0.3 is 11.9 Å². The second-order valence-corrected chi connectivity index (χ2v) is 5.91. The third-order valence-corrected chi connectivity index (χ3v) is 4.18. The molecule has 4 nitrogen and oxygen atoms in total. The highest BCUT2D eigenvalue weighted by molar-refractivity contribution is 7.98. The van der Waals surface area contributed by atoms with Crippen molar-refractivity contribution in [1.29, 1.82) is 0 Å². The molecule has 5 heteroatoms. The fraction of sp³-hybridized carbons (Fsp3) is 0.158. The first kappa shape index (κ1) is 17.8. The minimum absolute atomic E-state index is 0.0928. The zero-order chi connectivity index (χ0) is 17.5. The van der Waals surface area contributed by atoms with E-state index in [9.17, 15) is 14.7 Å². The van der Waals surface area contributed by atoms with E-state index >= 15 is 0 Å².